The lowest BCUT2D eigenvalue weighted by Crippen LogP contribution is -2.35. The molecule has 0 spiro atoms. The highest BCUT2D eigenvalue weighted by atomic mass is 32.1. The fourth-order valence-electron chi connectivity index (χ4n) is 2.43. The van der Waals surface area contributed by atoms with Crippen molar-refractivity contribution in [3.8, 4) is 0 Å². The van der Waals surface area contributed by atoms with Crippen LogP contribution in [0.25, 0.3) is 0 Å². The van der Waals surface area contributed by atoms with Crippen LogP contribution in [0.5, 0.6) is 0 Å². The third kappa shape index (κ3) is 4.48. The van der Waals surface area contributed by atoms with Crippen LogP contribution in [0.4, 0.5) is 0 Å². The van der Waals surface area contributed by atoms with Crippen molar-refractivity contribution in [3.63, 3.8) is 0 Å². The van der Waals surface area contributed by atoms with Gasteiger partial charge in [0.05, 0.1) is 0 Å². The van der Waals surface area contributed by atoms with E-state index < -0.39 is 0 Å². The molecule has 1 saturated heterocycles. The topological polar surface area (TPSA) is 23.6 Å². The van der Waals surface area contributed by atoms with Gasteiger partial charge in [-0.25, -0.2) is 0 Å². The monoisotopic (exact) mass is 278 g/mol. The average Bonchev–Trinajstić information content (AvgIpc) is 2.82. The van der Waals surface area contributed by atoms with Gasteiger partial charge in [-0.1, -0.05) is 12.1 Å². The van der Waals surface area contributed by atoms with E-state index in [1.54, 1.807) is 11.3 Å². The van der Waals surface area contributed by atoms with Gasteiger partial charge in [-0.2, -0.15) is 0 Å². The fourth-order valence-corrected chi connectivity index (χ4v) is 3.14. The standard InChI is InChI=1S/C15H22N2OS/c1-2-8-16-9-4-10-17(12-11-16)15(18)7-6-14-5-3-13-19-14/h2-3,5,13H,1,4,6-12H2. The largest absolute Gasteiger partial charge is 0.341 e. The molecule has 0 bridgehead atoms. The molecule has 19 heavy (non-hydrogen) atoms. The minimum absolute atomic E-state index is 0.300. The first kappa shape index (κ1) is 14.3. The maximum atomic E-state index is 12.2. The lowest BCUT2D eigenvalue weighted by molar-refractivity contribution is -0.131. The normalized spacial score (nSPS) is 17.2. The lowest BCUT2D eigenvalue weighted by Gasteiger charge is -2.21. The third-order valence-electron chi connectivity index (χ3n) is 3.49. The Labute approximate surface area is 119 Å². The molecule has 4 heteroatoms. The van der Waals surface area contributed by atoms with Crippen LogP contribution in [0.1, 0.15) is 17.7 Å². The van der Waals surface area contributed by atoms with Gasteiger partial charge in [-0.05, 0) is 24.3 Å². The van der Waals surface area contributed by atoms with Crippen LogP contribution in [0, 0.1) is 0 Å². The zero-order valence-electron chi connectivity index (χ0n) is 11.4. The van der Waals surface area contributed by atoms with Crippen molar-refractivity contribution in [3.05, 3.63) is 35.0 Å². The molecule has 2 heterocycles. The van der Waals surface area contributed by atoms with Gasteiger partial charge in [0.25, 0.3) is 0 Å². The quantitative estimate of drug-likeness (QED) is 0.772. The summed E-state index contributed by atoms with van der Waals surface area (Å²) in [7, 11) is 0. The smallest absolute Gasteiger partial charge is 0.222 e. The molecule has 0 aliphatic carbocycles. The van der Waals surface area contributed by atoms with Crippen LogP contribution in [-0.4, -0.2) is 48.4 Å². The van der Waals surface area contributed by atoms with Crippen molar-refractivity contribution in [1.82, 2.24) is 9.80 Å². The molecule has 1 aliphatic rings. The predicted octanol–water partition coefficient (Wildman–Crippen LogP) is 2.40. The molecule has 0 N–H and O–H groups in total. The molecule has 1 aliphatic heterocycles. The van der Waals surface area contributed by atoms with Crippen LogP contribution >= 0.6 is 11.3 Å². The Balaban J connectivity index is 1.77. The number of aryl methyl sites for hydroxylation is 1. The van der Waals surface area contributed by atoms with Crippen molar-refractivity contribution in [2.75, 3.05) is 32.7 Å². The Kier molecular flexibility index (Phi) is 5.61. The molecule has 0 unspecified atom stereocenters. The van der Waals surface area contributed by atoms with Crippen molar-refractivity contribution in [2.45, 2.75) is 19.3 Å². The second-order valence-corrected chi connectivity index (χ2v) is 5.94. The minimum Gasteiger partial charge on any atom is -0.341 e. The van der Waals surface area contributed by atoms with E-state index >= 15 is 0 Å². The van der Waals surface area contributed by atoms with Crippen LogP contribution in [0.15, 0.2) is 30.2 Å². The Morgan fingerprint density at radius 2 is 2.26 bits per heavy atom. The summed E-state index contributed by atoms with van der Waals surface area (Å²) in [6.45, 7) is 8.50. The maximum absolute atomic E-state index is 12.2. The molecule has 104 valence electrons. The highest BCUT2D eigenvalue weighted by molar-refractivity contribution is 7.09. The van der Waals surface area contributed by atoms with E-state index in [9.17, 15) is 4.79 Å². The van der Waals surface area contributed by atoms with Crippen molar-refractivity contribution >= 4 is 17.2 Å². The number of carbonyl (C=O) groups excluding carboxylic acids is 1. The van der Waals surface area contributed by atoms with E-state index in [2.05, 4.69) is 22.9 Å². The van der Waals surface area contributed by atoms with Crippen LogP contribution in [0.2, 0.25) is 0 Å². The minimum atomic E-state index is 0.300. The molecule has 1 aromatic heterocycles. The summed E-state index contributed by atoms with van der Waals surface area (Å²) in [5.41, 5.74) is 0. The molecule has 1 aromatic rings. The Bertz CT molecular complexity index is 402. The summed E-state index contributed by atoms with van der Waals surface area (Å²) in [6, 6.07) is 4.15. The van der Waals surface area contributed by atoms with Gasteiger partial charge in [-0.3, -0.25) is 9.69 Å². The second kappa shape index (κ2) is 7.46. The number of carbonyl (C=O) groups is 1. The molecule has 0 aromatic carbocycles. The van der Waals surface area contributed by atoms with E-state index in [0.29, 0.717) is 12.3 Å². The van der Waals surface area contributed by atoms with E-state index in [4.69, 9.17) is 0 Å². The first-order valence-electron chi connectivity index (χ1n) is 6.93. The summed E-state index contributed by atoms with van der Waals surface area (Å²) in [5.74, 6) is 0.300. The summed E-state index contributed by atoms with van der Waals surface area (Å²) in [6.07, 6.45) is 4.53. The molecule has 0 atom stereocenters. The molecular formula is C15H22N2OS. The number of nitrogens with zero attached hydrogens (tertiary/aromatic N) is 2. The van der Waals surface area contributed by atoms with Gasteiger partial charge in [0.2, 0.25) is 5.91 Å². The highest BCUT2D eigenvalue weighted by Gasteiger charge is 2.18. The zero-order chi connectivity index (χ0) is 13.5. The predicted molar refractivity (Wildman–Crippen MR) is 80.5 cm³/mol. The number of hydrogen-bond donors (Lipinski definition) is 0. The summed E-state index contributed by atoms with van der Waals surface area (Å²) in [4.78, 5) is 17.9. The molecule has 3 nitrogen and oxygen atoms in total. The SMILES string of the molecule is C=CCN1CCCN(C(=O)CCc2cccs2)CC1. The van der Waals surface area contributed by atoms with Crippen molar-refractivity contribution < 1.29 is 4.79 Å². The molecule has 1 fully saturated rings. The second-order valence-electron chi connectivity index (χ2n) is 4.90. The zero-order valence-corrected chi connectivity index (χ0v) is 12.2. The van der Waals surface area contributed by atoms with E-state index in [-0.39, 0.29) is 0 Å². The van der Waals surface area contributed by atoms with Gasteiger partial charge in [0.15, 0.2) is 0 Å². The van der Waals surface area contributed by atoms with Crippen molar-refractivity contribution in [2.24, 2.45) is 0 Å². The molecule has 0 saturated carbocycles. The molecule has 2 rings (SSSR count). The van der Waals surface area contributed by atoms with Crippen LogP contribution in [-0.2, 0) is 11.2 Å². The number of thiophene rings is 1. The van der Waals surface area contributed by atoms with E-state index in [0.717, 1.165) is 45.6 Å². The lowest BCUT2D eigenvalue weighted by atomic mass is 10.2. The molecular weight excluding hydrogens is 256 g/mol. The Hall–Kier alpha value is -1.13. The first-order valence-corrected chi connectivity index (χ1v) is 7.81. The van der Waals surface area contributed by atoms with Crippen molar-refractivity contribution in [1.29, 1.82) is 0 Å². The summed E-state index contributed by atoms with van der Waals surface area (Å²) in [5, 5.41) is 2.07. The van der Waals surface area contributed by atoms with Gasteiger partial charge < -0.3 is 4.90 Å². The van der Waals surface area contributed by atoms with Crippen LogP contribution < -0.4 is 0 Å². The number of hydrogen-bond acceptors (Lipinski definition) is 3. The number of rotatable bonds is 5. The first-order chi connectivity index (χ1) is 9.29. The van der Waals surface area contributed by atoms with Crippen LogP contribution in [0.3, 0.4) is 0 Å². The van der Waals surface area contributed by atoms with Gasteiger partial charge in [0.1, 0.15) is 0 Å². The van der Waals surface area contributed by atoms with Gasteiger partial charge >= 0.3 is 0 Å². The average molecular weight is 278 g/mol. The molecule has 1 amide bonds. The van der Waals surface area contributed by atoms with Gasteiger partial charge in [0, 0.05) is 44.0 Å². The Morgan fingerprint density at radius 1 is 1.37 bits per heavy atom. The van der Waals surface area contributed by atoms with E-state index in [1.165, 1.54) is 4.88 Å². The Morgan fingerprint density at radius 3 is 3.00 bits per heavy atom. The third-order valence-corrected chi connectivity index (χ3v) is 4.43. The highest BCUT2D eigenvalue weighted by Crippen LogP contribution is 2.12. The number of amides is 1. The summed E-state index contributed by atoms with van der Waals surface area (Å²) >= 11 is 1.73. The molecule has 0 radical (unpaired) electrons. The summed E-state index contributed by atoms with van der Waals surface area (Å²) < 4.78 is 0. The maximum Gasteiger partial charge on any atom is 0.222 e. The van der Waals surface area contributed by atoms with E-state index in [1.807, 2.05) is 17.0 Å². The fraction of sp³-hybridized carbons (Fsp3) is 0.533. The van der Waals surface area contributed by atoms with Gasteiger partial charge in [-0.15, -0.1) is 17.9 Å².